The summed E-state index contributed by atoms with van der Waals surface area (Å²) in [5.41, 5.74) is 7.56. The standard InChI is InChI=1S/C15H17NO3/c1-10-4-5-14(16)15(6-10)19-13-8-11(17-2)7-12(9-13)18-3/h4-9H,16H2,1-3H3. The van der Waals surface area contributed by atoms with Crippen LogP contribution in [0.5, 0.6) is 23.0 Å². The van der Waals surface area contributed by atoms with Crippen molar-refractivity contribution in [3.05, 3.63) is 42.0 Å². The van der Waals surface area contributed by atoms with Crippen LogP contribution in [0.15, 0.2) is 36.4 Å². The van der Waals surface area contributed by atoms with Gasteiger partial charge in [0.05, 0.1) is 19.9 Å². The van der Waals surface area contributed by atoms with Crippen molar-refractivity contribution in [1.82, 2.24) is 0 Å². The van der Waals surface area contributed by atoms with Gasteiger partial charge in [0.25, 0.3) is 0 Å². The Bertz CT molecular complexity index is 559. The van der Waals surface area contributed by atoms with E-state index in [2.05, 4.69) is 0 Å². The number of ether oxygens (including phenoxy) is 3. The summed E-state index contributed by atoms with van der Waals surface area (Å²) in [5.74, 6) is 2.57. The van der Waals surface area contributed by atoms with Gasteiger partial charge in [0.15, 0.2) is 5.75 Å². The van der Waals surface area contributed by atoms with E-state index < -0.39 is 0 Å². The van der Waals surface area contributed by atoms with E-state index in [4.69, 9.17) is 19.9 Å². The minimum atomic E-state index is 0.590. The molecule has 0 atom stereocenters. The van der Waals surface area contributed by atoms with E-state index in [1.807, 2.05) is 25.1 Å². The van der Waals surface area contributed by atoms with E-state index in [1.54, 1.807) is 32.4 Å². The molecule has 0 bridgehead atoms. The van der Waals surface area contributed by atoms with Gasteiger partial charge in [-0.3, -0.25) is 0 Å². The van der Waals surface area contributed by atoms with Crippen LogP contribution in [0.1, 0.15) is 5.56 Å². The highest BCUT2D eigenvalue weighted by molar-refractivity contribution is 5.56. The second kappa shape index (κ2) is 5.52. The zero-order valence-electron chi connectivity index (χ0n) is 11.3. The third-order valence-electron chi connectivity index (χ3n) is 2.72. The number of hydrogen-bond donors (Lipinski definition) is 1. The molecular formula is C15H17NO3. The number of hydrogen-bond acceptors (Lipinski definition) is 4. The highest BCUT2D eigenvalue weighted by Gasteiger charge is 2.06. The number of anilines is 1. The topological polar surface area (TPSA) is 53.7 Å². The fourth-order valence-electron chi connectivity index (χ4n) is 1.70. The zero-order chi connectivity index (χ0) is 13.8. The molecule has 0 aliphatic rings. The molecule has 0 aliphatic carbocycles. The molecule has 0 radical (unpaired) electrons. The SMILES string of the molecule is COc1cc(OC)cc(Oc2cc(C)ccc2N)c1. The Hall–Kier alpha value is -2.36. The molecule has 0 unspecified atom stereocenters. The lowest BCUT2D eigenvalue weighted by molar-refractivity contribution is 0.386. The van der Waals surface area contributed by atoms with Gasteiger partial charge >= 0.3 is 0 Å². The monoisotopic (exact) mass is 259 g/mol. The molecule has 19 heavy (non-hydrogen) atoms. The Morgan fingerprint density at radius 2 is 1.42 bits per heavy atom. The van der Waals surface area contributed by atoms with E-state index in [9.17, 15) is 0 Å². The zero-order valence-corrected chi connectivity index (χ0v) is 11.3. The van der Waals surface area contributed by atoms with Gasteiger partial charge in [-0.05, 0) is 24.6 Å². The lowest BCUT2D eigenvalue weighted by Crippen LogP contribution is -1.94. The van der Waals surface area contributed by atoms with Crippen LogP contribution in [0.4, 0.5) is 5.69 Å². The maximum absolute atomic E-state index is 5.89. The summed E-state index contributed by atoms with van der Waals surface area (Å²) in [6.45, 7) is 1.98. The molecule has 0 aromatic heterocycles. The number of aryl methyl sites for hydroxylation is 1. The lowest BCUT2D eigenvalue weighted by Gasteiger charge is -2.12. The predicted octanol–water partition coefficient (Wildman–Crippen LogP) is 3.39. The molecule has 2 aromatic carbocycles. The number of benzene rings is 2. The van der Waals surface area contributed by atoms with Gasteiger partial charge in [0.2, 0.25) is 0 Å². The number of nitrogen functional groups attached to an aromatic ring is 1. The second-order valence-electron chi connectivity index (χ2n) is 4.19. The van der Waals surface area contributed by atoms with Crippen molar-refractivity contribution < 1.29 is 14.2 Å². The van der Waals surface area contributed by atoms with Crippen LogP contribution in [0.25, 0.3) is 0 Å². The minimum absolute atomic E-state index is 0.590. The lowest BCUT2D eigenvalue weighted by atomic mass is 10.2. The van der Waals surface area contributed by atoms with E-state index in [0.29, 0.717) is 28.7 Å². The summed E-state index contributed by atoms with van der Waals surface area (Å²) >= 11 is 0. The minimum Gasteiger partial charge on any atom is -0.496 e. The van der Waals surface area contributed by atoms with Gasteiger partial charge in [-0.15, -0.1) is 0 Å². The molecule has 0 saturated heterocycles. The molecule has 0 fully saturated rings. The summed E-state index contributed by atoms with van der Waals surface area (Å²) in [6.07, 6.45) is 0. The first-order valence-corrected chi connectivity index (χ1v) is 5.89. The van der Waals surface area contributed by atoms with Crippen LogP contribution in [0.3, 0.4) is 0 Å². The van der Waals surface area contributed by atoms with E-state index in [0.717, 1.165) is 5.56 Å². The molecule has 4 nitrogen and oxygen atoms in total. The fraction of sp³-hybridized carbons (Fsp3) is 0.200. The quantitative estimate of drug-likeness (QED) is 0.855. The smallest absolute Gasteiger partial charge is 0.150 e. The van der Waals surface area contributed by atoms with Gasteiger partial charge in [-0.25, -0.2) is 0 Å². The van der Waals surface area contributed by atoms with Gasteiger partial charge in [0.1, 0.15) is 17.2 Å². The van der Waals surface area contributed by atoms with Crippen LogP contribution >= 0.6 is 0 Å². The van der Waals surface area contributed by atoms with Crippen molar-refractivity contribution in [1.29, 1.82) is 0 Å². The van der Waals surface area contributed by atoms with Crippen molar-refractivity contribution in [2.45, 2.75) is 6.92 Å². The van der Waals surface area contributed by atoms with Crippen molar-refractivity contribution in [3.63, 3.8) is 0 Å². The summed E-state index contributed by atoms with van der Waals surface area (Å²) in [4.78, 5) is 0. The maximum atomic E-state index is 5.89. The van der Waals surface area contributed by atoms with Crippen molar-refractivity contribution >= 4 is 5.69 Å². The molecule has 0 aliphatic heterocycles. The third kappa shape index (κ3) is 3.10. The Balaban J connectivity index is 2.34. The summed E-state index contributed by atoms with van der Waals surface area (Å²) in [5, 5.41) is 0. The Kier molecular flexibility index (Phi) is 3.80. The van der Waals surface area contributed by atoms with E-state index >= 15 is 0 Å². The van der Waals surface area contributed by atoms with Crippen LogP contribution in [0.2, 0.25) is 0 Å². The molecule has 4 heteroatoms. The van der Waals surface area contributed by atoms with Crippen LogP contribution in [0, 0.1) is 6.92 Å². The van der Waals surface area contributed by atoms with Gasteiger partial charge < -0.3 is 19.9 Å². The van der Waals surface area contributed by atoms with Crippen LogP contribution in [-0.4, -0.2) is 14.2 Å². The first-order valence-electron chi connectivity index (χ1n) is 5.89. The molecule has 0 amide bonds. The number of methoxy groups -OCH3 is 2. The second-order valence-corrected chi connectivity index (χ2v) is 4.19. The molecule has 2 aromatic rings. The van der Waals surface area contributed by atoms with Crippen LogP contribution < -0.4 is 19.9 Å². The Morgan fingerprint density at radius 1 is 0.842 bits per heavy atom. The normalized spacial score (nSPS) is 10.1. The number of rotatable bonds is 4. The first-order chi connectivity index (χ1) is 9.12. The summed E-state index contributed by atoms with van der Waals surface area (Å²) in [7, 11) is 3.19. The average molecular weight is 259 g/mol. The highest BCUT2D eigenvalue weighted by Crippen LogP contribution is 2.33. The first kappa shape index (κ1) is 13.1. The molecule has 2 N–H and O–H groups in total. The van der Waals surface area contributed by atoms with Gasteiger partial charge in [0, 0.05) is 18.2 Å². The van der Waals surface area contributed by atoms with Gasteiger partial charge in [-0.2, -0.15) is 0 Å². The average Bonchev–Trinajstić information content (AvgIpc) is 2.42. The van der Waals surface area contributed by atoms with Crippen molar-refractivity contribution in [2.75, 3.05) is 20.0 Å². The third-order valence-corrected chi connectivity index (χ3v) is 2.72. The Morgan fingerprint density at radius 3 is 2.00 bits per heavy atom. The van der Waals surface area contributed by atoms with Crippen molar-refractivity contribution in [3.8, 4) is 23.0 Å². The Labute approximate surface area is 112 Å². The molecule has 100 valence electrons. The largest absolute Gasteiger partial charge is 0.496 e. The molecular weight excluding hydrogens is 242 g/mol. The molecule has 0 heterocycles. The fourth-order valence-corrected chi connectivity index (χ4v) is 1.70. The van der Waals surface area contributed by atoms with E-state index in [1.165, 1.54) is 0 Å². The summed E-state index contributed by atoms with van der Waals surface area (Å²) in [6, 6.07) is 11.0. The maximum Gasteiger partial charge on any atom is 0.150 e. The molecule has 0 spiro atoms. The molecule has 2 rings (SSSR count). The van der Waals surface area contributed by atoms with E-state index in [-0.39, 0.29) is 0 Å². The molecule has 0 saturated carbocycles. The van der Waals surface area contributed by atoms with Crippen molar-refractivity contribution in [2.24, 2.45) is 0 Å². The van der Waals surface area contributed by atoms with Crippen LogP contribution in [-0.2, 0) is 0 Å². The van der Waals surface area contributed by atoms with Gasteiger partial charge in [-0.1, -0.05) is 6.07 Å². The number of nitrogens with two attached hydrogens (primary N) is 1. The highest BCUT2D eigenvalue weighted by atomic mass is 16.5. The summed E-state index contributed by atoms with van der Waals surface area (Å²) < 4.78 is 16.2. The predicted molar refractivity (Wildman–Crippen MR) is 75.2 cm³/mol.